The van der Waals surface area contributed by atoms with E-state index in [2.05, 4.69) is 20.3 Å². The first-order chi connectivity index (χ1) is 16.9. The molecule has 0 fully saturated rings. The van der Waals surface area contributed by atoms with E-state index in [1.54, 1.807) is 30.3 Å². The van der Waals surface area contributed by atoms with Crippen LogP contribution in [-0.4, -0.2) is 61.6 Å². The summed E-state index contributed by atoms with van der Waals surface area (Å²) in [7, 11) is 0. The van der Waals surface area contributed by atoms with Crippen molar-refractivity contribution >= 4 is 40.1 Å². The molecule has 178 valence electrons. The van der Waals surface area contributed by atoms with Gasteiger partial charge >= 0.3 is 0 Å². The summed E-state index contributed by atoms with van der Waals surface area (Å²) in [4.78, 5) is 49.0. The van der Waals surface area contributed by atoms with E-state index >= 15 is 0 Å². The van der Waals surface area contributed by atoms with Crippen LogP contribution < -0.4 is 10.9 Å². The number of aliphatic hydroxyl groups is 2. The molecule has 4 aromatic rings. The monoisotopic (exact) mass is 493 g/mol. The number of β-amino-alcohol motifs (C(OH)–C–C–N with tert-alkyl or cyclic N) is 1. The number of imidazole rings is 1. The number of carbonyl (C=O) groups excluding carboxylic acids is 2. The molecule has 2 aromatic carbocycles. The van der Waals surface area contributed by atoms with E-state index in [0.29, 0.717) is 27.3 Å². The molecule has 0 bridgehead atoms. The number of fused-ring (bicyclic) bond motifs is 2. The zero-order valence-electron chi connectivity index (χ0n) is 18.2. The third-order valence-corrected chi connectivity index (χ3v) is 6.05. The second kappa shape index (κ2) is 8.99. The standard InChI is InChI=1S/C24H20ClN5O5/c25-13-3-1-2-12(8-13)19(32)11-27-16-4-5-26-22(33)20(16)21-28-17-9-14-15(10-18(17)29-21)24(35)30(6-7-31)23(14)34/h1-5,8-10,19,31-32H,6-7,11H2,(H,28,29)(H2,26,27,33). The summed E-state index contributed by atoms with van der Waals surface area (Å²) in [6, 6.07) is 11.5. The number of pyridine rings is 1. The number of imide groups is 1. The van der Waals surface area contributed by atoms with Crippen LogP contribution in [0, 0.1) is 0 Å². The second-order valence-corrected chi connectivity index (χ2v) is 8.47. The Morgan fingerprint density at radius 2 is 1.86 bits per heavy atom. The van der Waals surface area contributed by atoms with E-state index < -0.39 is 23.5 Å². The highest BCUT2D eigenvalue weighted by atomic mass is 35.5. The first kappa shape index (κ1) is 22.8. The van der Waals surface area contributed by atoms with Gasteiger partial charge in [-0.3, -0.25) is 19.3 Å². The Morgan fingerprint density at radius 1 is 1.09 bits per heavy atom. The number of nitrogens with one attached hydrogen (secondary N) is 3. The summed E-state index contributed by atoms with van der Waals surface area (Å²) in [6.07, 6.45) is 0.600. The van der Waals surface area contributed by atoms with Crippen LogP contribution >= 0.6 is 11.6 Å². The molecule has 0 radical (unpaired) electrons. The molecule has 10 nitrogen and oxygen atoms in total. The fourth-order valence-electron chi connectivity index (χ4n) is 4.11. The molecule has 0 aliphatic carbocycles. The Hall–Kier alpha value is -3.99. The Morgan fingerprint density at radius 3 is 2.60 bits per heavy atom. The predicted molar refractivity (Wildman–Crippen MR) is 130 cm³/mol. The SMILES string of the molecule is O=C1c2cc3nc(-c4c(NCC(O)c5cccc(Cl)c5)cc[nH]c4=O)[nH]c3cc2C(=O)N1CCO. The van der Waals surface area contributed by atoms with Crippen molar-refractivity contribution in [2.24, 2.45) is 0 Å². The van der Waals surface area contributed by atoms with Gasteiger partial charge in [0.05, 0.1) is 47.1 Å². The van der Waals surface area contributed by atoms with E-state index in [1.165, 1.54) is 18.3 Å². The lowest BCUT2D eigenvalue weighted by Crippen LogP contribution is -2.32. The molecule has 5 rings (SSSR count). The lowest BCUT2D eigenvalue weighted by molar-refractivity contribution is 0.0624. The van der Waals surface area contributed by atoms with Gasteiger partial charge in [-0.25, -0.2) is 4.98 Å². The number of nitrogens with zero attached hydrogens (tertiary/aromatic N) is 2. The van der Waals surface area contributed by atoms with Crippen molar-refractivity contribution in [3.8, 4) is 11.4 Å². The highest BCUT2D eigenvalue weighted by molar-refractivity contribution is 6.30. The van der Waals surface area contributed by atoms with E-state index in [1.807, 2.05) is 0 Å². The lowest BCUT2D eigenvalue weighted by Gasteiger charge is -2.15. The molecule has 0 spiro atoms. The van der Waals surface area contributed by atoms with Gasteiger partial charge in [-0.1, -0.05) is 23.7 Å². The number of amides is 2. The Labute approximate surface area is 203 Å². The number of rotatable bonds is 7. The van der Waals surface area contributed by atoms with Gasteiger partial charge in [0.15, 0.2) is 0 Å². The van der Waals surface area contributed by atoms with Crippen LogP contribution in [0.3, 0.4) is 0 Å². The van der Waals surface area contributed by atoms with Crippen molar-refractivity contribution in [2.75, 3.05) is 25.0 Å². The van der Waals surface area contributed by atoms with Crippen LogP contribution in [0.2, 0.25) is 5.02 Å². The Bertz CT molecular complexity index is 1480. The zero-order chi connectivity index (χ0) is 24.7. The van der Waals surface area contributed by atoms with Crippen LogP contribution in [0.25, 0.3) is 22.4 Å². The smallest absolute Gasteiger partial charge is 0.261 e. The van der Waals surface area contributed by atoms with E-state index in [-0.39, 0.29) is 42.2 Å². The molecule has 11 heteroatoms. The first-order valence-corrected chi connectivity index (χ1v) is 11.2. The number of hydrogen-bond acceptors (Lipinski definition) is 7. The minimum absolute atomic E-state index is 0.0889. The molecule has 5 N–H and O–H groups in total. The maximum atomic E-state index is 12.7. The Kier molecular flexibility index (Phi) is 5.85. The molecule has 1 atom stereocenters. The van der Waals surface area contributed by atoms with Crippen molar-refractivity contribution in [1.29, 1.82) is 0 Å². The van der Waals surface area contributed by atoms with Gasteiger partial charge in [0.2, 0.25) is 0 Å². The normalized spacial score (nSPS) is 14.0. The number of aromatic nitrogens is 3. The molecule has 2 amide bonds. The van der Waals surface area contributed by atoms with Gasteiger partial charge in [0.1, 0.15) is 11.4 Å². The van der Waals surface area contributed by atoms with E-state index in [9.17, 15) is 19.5 Å². The molecular weight excluding hydrogens is 474 g/mol. The third-order valence-electron chi connectivity index (χ3n) is 5.81. The predicted octanol–water partition coefficient (Wildman–Crippen LogP) is 2.31. The summed E-state index contributed by atoms with van der Waals surface area (Å²) in [5, 5.41) is 23.3. The van der Waals surface area contributed by atoms with Gasteiger partial charge < -0.3 is 25.5 Å². The van der Waals surface area contributed by atoms with Gasteiger partial charge in [-0.2, -0.15) is 0 Å². The average Bonchev–Trinajstić information content (AvgIpc) is 3.35. The van der Waals surface area contributed by atoms with Crippen LogP contribution in [-0.2, 0) is 0 Å². The fourth-order valence-corrected chi connectivity index (χ4v) is 4.31. The molecule has 0 saturated carbocycles. The molecule has 35 heavy (non-hydrogen) atoms. The maximum Gasteiger partial charge on any atom is 0.261 e. The lowest BCUT2D eigenvalue weighted by atomic mass is 10.1. The number of aliphatic hydroxyl groups excluding tert-OH is 2. The number of halogens is 1. The summed E-state index contributed by atoms with van der Waals surface area (Å²) in [5.74, 6) is -0.759. The highest BCUT2D eigenvalue weighted by Crippen LogP contribution is 2.30. The minimum Gasteiger partial charge on any atom is -0.395 e. The first-order valence-electron chi connectivity index (χ1n) is 10.8. The molecule has 3 heterocycles. The number of carbonyl (C=O) groups is 2. The van der Waals surface area contributed by atoms with Crippen molar-refractivity contribution in [3.05, 3.63) is 80.7 Å². The molecule has 1 unspecified atom stereocenters. The second-order valence-electron chi connectivity index (χ2n) is 8.03. The van der Waals surface area contributed by atoms with Crippen molar-refractivity contribution in [3.63, 3.8) is 0 Å². The minimum atomic E-state index is -0.877. The summed E-state index contributed by atoms with van der Waals surface area (Å²) >= 11 is 6.00. The van der Waals surface area contributed by atoms with Crippen LogP contribution in [0.5, 0.6) is 0 Å². The van der Waals surface area contributed by atoms with E-state index in [4.69, 9.17) is 16.7 Å². The fraction of sp³-hybridized carbons (Fsp3) is 0.167. The third kappa shape index (κ3) is 4.08. The number of anilines is 1. The topological polar surface area (TPSA) is 151 Å². The summed E-state index contributed by atoms with van der Waals surface area (Å²) in [6.45, 7) is -0.312. The van der Waals surface area contributed by atoms with Gasteiger partial charge in [-0.15, -0.1) is 0 Å². The van der Waals surface area contributed by atoms with E-state index in [0.717, 1.165) is 4.90 Å². The molecule has 2 aromatic heterocycles. The maximum absolute atomic E-state index is 12.7. The summed E-state index contributed by atoms with van der Waals surface area (Å²) < 4.78 is 0. The quantitative estimate of drug-likeness (QED) is 0.248. The van der Waals surface area contributed by atoms with Crippen molar-refractivity contribution < 1.29 is 19.8 Å². The van der Waals surface area contributed by atoms with Gasteiger partial charge in [0.25, 0.3) is 17.4 Å². The molecule has 1 aliphatic rings. The van der Waals surface area contributed by atoms with Crippen LogP contribution in [0.15, 0.2) is 53.5 Å². The number of H-pyrrole nitrogens is 2. The number of hydrogen-bond donors (Lipinski definition) is 5. The van der Waals surface area contributed by atoms with Crippen LogP contribution in [0.1, 0.15) is 32.4 Å². The van der Waals surface area contributed by atoms with Gasteiger partial charge in [-0.05, 0) is 35.9 Å². The van der Waals surface area contributed by atoms with Crippen LogP contribution in [0.4, 0.5) is 5.69 Å². The largest absolute Gasteiger partial charge is 0.395 e. The molecule has 1 aliphatic heterocycles. The van der Waals surface area contributed by atoms with Crippen molar-refractivity contribution in [1.82, 2.24) is 19.9 Å². The molecule has 0 saturated heterocycles. The highest BCUT2D eigenvalue weighted by Gasteiger charge is 2.36. The van der Waals surface area contributed by atoms with Crippen molar-refractivity contribution in [2.45, 2.75) is 6.10 Å². The zero-order valence-corrected chi connectivity index (χ0v) is 19.0. The number of benzene rings is 2. The summed E-state index contributed by atoms with van der Waals surface area (Å²) in [5.41, 5.74) is 2.12. The average molecular weight is 494 g/mol. The Balaban J connectivity index is 1.47. The molecular formula is C24H20ClN5O5. The van der Waals surface area contributed by atoms with Gasteiger partial charge in [0, 0.05) is 17.8 Å². The number of aromatic amines is 2.